The van der Waals surface area contributed by atoms with Gasteiger partial charge in [-0.05, 0) is 35.1 Å². The lowest BCUT2D eigenvalue weighted by atomic mass is 9.87. The summed E-state index contributed by atoms with van der Waals surface area (Å²) in [5.74, 6) is 7.72. The van der Waals surface area contributed by atoms with Gasteiger partial charge in [-0.1, -0.05) is 68.9 Å². The first-order valence-electron chi connectivity index (χ1n) is 10.1. The van der Waals surface area contributed by atoms with E-state index in [1.165, 1.54) is 22.0 Å². The molecule has 1 amide bonds. The first kappa shape index (κ1) is 22.7. The Hall–Kier alpha value is -3.00. The third kappa shape index (κ3) is 6.01. The van der Waals surface area contributed by atoms with Gasteiger partial charge in [0.1, 0.15) is 5.75 Å². The lowest BCUT2D eigenvalue weighted by molar-refractivity contribution is -0.118. The average molecular weight is 440 g/mol. The summed E-state index contributed by atoms with van der Waals surface area (Å²) in [4.78, 5) is 12.2. The van der Waals surface area contributed by atoms with Crippen molar-refractivity contribution in [1.82, 2.24) is 20.2 Å². The third-order valence-corrected chi connectivity index (χ3v) is 5.84. The van der Waals surface area contributed by atoms with Crippen LogP contribution in [0.2, 0.25) is 0 Å². The van der Waals surface area contributed by atoms with Gasteiger partial charge in [0, 0.05) is 12.1 Å². The zero-order valence-corrected chi connectivity index (χ0v) is 19.2. The molecule has 7 nitrogen and oxygen atoms in total. The molecule has 0 saturated carbocycles. The number of rotatable bonds is 8. The molecular weight excluding hydrogens is 410 g/mol. The van der Waals surface area contributed by atoms with E-state index in [-0.39, 0.29) is 17.1 Å². The van der Waals surface area contributed by atoms with Crippen LogP contribution in [0, 0.1) is 0 Å². The number of nitrogens with two attached hydrogens (primary N) is 1. The maximum absolute atomic E-state index is 12.2. The summed E-state index contributed by atoms with van der Waals surface area (Å²) >= 11 is 1.27. The molecule has 8 heteroatoms. The maximum atomic E-state index is 12.2. The van der Waals surface area contributed by atoms with E-state index < -0.39 is 0 Å². The smallest absolute Gasteiger partial charge is 0.230 e. The van der Waals surface area contributed by atoms with E-state index in [1.807, 2.05) is 36.4 Å². The SMILES string of the molecule is COc1ccc(CCNC(=O)CSc2nnc(-c3ccc(C(C)(C)C)cc3)n2N)cc1. The van der Waals surface area contributed by atoms with Crippen LogP contribution in [0.15, 0.2) is 53.7 Å². The number of nitrogens with one attached hydrogen (secondary N) is 1. The number of ether oxygens (including phenoxy) is 1. The van der Waals surface area contributed by atoms with Crippen LogP contribution in [-0.4, -0.2) is 40.2 Å². The number of benzene rings is 2. The third-order valence-electron chi connectivity index (χ3n) is 4.90. The van der Waals surface area contributed by atoms with E-state index in [9.17, 15) is 4.79 Å². The fourth-order valence-corrected chi connectivity index (χ4v) is 3.70. The van der Waals surface area contributed by atoms with E-state index in [1.54, 1.807) is 7.11 Å². The second kappa shape index (κ2) is 9.87. The van der Waals surface area contributed by atoms with Crippen molar-refractivity contribution in [1.29, 1.82) is 0 Å². The van der Waals surface area contributed by atoms with Crippen molar-refractivity contribution >= 4 is 17.7 Å². The number of thioether (sulfide) groups is 1. The average Bonchev–Trinajstić information content (AvgIpc) is 3.12. The highest BCUT2D eigenvalue weighted by atomic mass is 32.2. The molecule has 0 unspecified atom stereocenters. The van der Waals surface area contributed by atoms with Crippen LogP contribution in [0.25, 0.3) is 11.4 Å². The van der Waals surface area contributed by atoms with Crippen LogP contribution >= 0.6 is 11.8 Å². The molecule has 0 aliphatic heterocycles. The molecule has 164 valence electrons. The van der Waals surface area contributed by atoms with Gasteiger partial charge in [0.15, 0.2) is 5.82 Å². The van der Waals surface area contributed by atoms with Gasteiger partial charge in [-0.3, -0.25) is 4.79 Å². The summed E-state index contributed by atoms with van der Waals surface area (Å²) in [5.41, 5.74) is 3.34. The Kier molecular flexibility index (Phi) is 7.22. The lowest BCUT2D eigenvalue weighted by Gasteiger charge is -2.19. The minimum Gasteiger partial charge on any atom is -0.497 e. The molecule has 2 aromatic carbocycles. The first-order chi connectivity index (χ1) is 14.8. The Bertz CT molecular complexity index is 1010. The van der Waals surface area contributed by atoms with Crippen LogP contribution in [-0.2, 0) is 16.6 Å². The van der Waals surface area contributed by atoms with Gasteiger partial charge >= 0.3 is 0 Å². The molecule has 1 heterocycles. The predicted octanol–water partition coefficient (Wildman–Crippen LogP) is 3.42. The predicted molar refractivity (Wildman–Crippen MR) is 125 cm³/mol. The number of hydrogen-bond donors (Lipinski definition) is 2. The van der Waals surface area contributed by atoms with Crippen LogP contribution in [0.5, 0.6) is 5.75 Å². The van der Waals surface area contributed by atoms with Gasteiger partial charge in [0.25, 0.3) is 0 Å². The molecule has 3 aromatic rings. The second-order valence-corrected chi connectivity index (χ2v) is 9.18. The number of amides is 1. The summed E-state index contributed by atoms with van der Waals surface area (Å²) < 4.78 is 6.58. The van der Waals surface area contributed by atoms with Crippen LogP contribution < -0.4 is 15.9 Å². The summed E-state index contributed by atoms with van der Waals surface area (Å²) in [6, 6.07) is 16.0. The molecule has 0 atom stereocenters. The molecule has 0 radical (unpaired) electrons. The fraction of sp³-hybridized carbons (Fsp3) is 0.348. The molecule has 0 aliphatic rings. The number of hydrogen-bond acceptors (Lipinski definition) is 6. The standard InChI is InChI=1S/C23H29N5O2S/c1-23(2,3)18-9-7-17(8-10-18)21-26-27-22(28(21)24)31-15-20(29)25-14-13-16-5-11-19(30-4)12-6-16/h5-12H,13-15,24H2,1-4H3,(H,25,29). The lowest BCUT2D eigenvalue weighted by Crippen LogP contribution is -2.27. The second-order valence-electron chi connectivity index (χ2n) is 8.24. The topological polar surface area (TPSA) is 95.1 Å². The molecule has 3 N–H and O–H groups in total. The zero-order valence-electron chi connectivity index (χ0n) is 18.4. The highest BCUT2D eigenvalue weighted by molar-refractivity contribution is 7.99. The minimum atomic E-state index is -0.0717. The van der Waals surface area contributed by atoms with E-state index in [0.29, 0.717) is 17.5 Å². The Morgan fingerprint density at radius 3 is 2.39 bits per heavy atom. The summed E-state index contributed by atoms with van der Waals surface area (Å²) in [6.07, 6.45) is 0.752. The van der Waals surface area contributed by atoms with Crippen molar-refractivity contribution in [2.45, 2.75) is 37.8 Å². The van der Waals surface area contributed by atoms with Crippen LogP contribution in [0.4, 0.5) is 0 Å². The largest absolute Gasteiger partial charge is 0.497 e. The quantitative estimate of drug-likeness (QED) is 0.413. The monoisotopic (exact) mass is 439 g/mol. The molecular formula is C23H29N5O2S. The number of nitrogen functional groups attached to an aromatic ring is 1. The van der Waals surface area contributed by atoms with E-state index in [0.717, 1.165) is 23.3 Å². The number of aromatic nitrogens is 3. The Labute approximate surface area is 187 Å². The number of carbonyl (C=O) groups excluding carboxylic acids is 1. The van der Waals surface area contributed by atoms with Gasteiger partial charge in [0.2, 0.25) is 11.1 Å². The van der Waals surface area contributed by atoms with Crippen molar-refractivity contribution in [2.24, 2.45) is 0 Å². The maximum Gasteiger partial charge on any atom is 0.230 e. The van der Waals surface area contributed by atoms with Gasteiger partial charge in [-0.15, -0.1) is 10.2 Å². The van der Waals surface area contributed by atoms with Crippen molar-refractivity contribution in [3.05, 3.63) is 59.7 Å². The summed E-state index contributed by atoms with van der Waals surface area (Å²) in [5, 5.41) is 11.8. The number of methoxy groups -OCH3 is 1. The molecule has 1 aromatic heterocycles. The summed E-state index contributed by atoms with van der Waals surface area (Å²) in [6.45, 7) is 7.07. The molecule has 0 fully saturated rings. The Balaban J connectivity index is 1.50. The number of carbonyl (C=O) groups is 1. The molecule has 3 rings (SSSR count). The van der Waals surface area contributed by atoms with Crippen molar-refractivity contribution < 1.29 is 9.53 Å². The number of nitrogens with zero attached hydrogens (tertiary/aromatic N) is 3. The van der Waals surface area contributed by atoms with Crippen LogP contribution in [0.1, 0.15) is 31.9 Å². The minimum absolute atomic E-state index is 0.0717. The van der Waals surface area contributed by atoms with Crippen molar-refractivity contribution in [3.8, 4) is 17.1 Å². The zero-order chi connectivity index (χ0) is 22.4. The van der Waals surface area contributed by atoms with Gasteiger partial charge < -0.3 is 15.9 Å². The van der Waals surface area contributed by atoms with E-state index in [4.69, 9.17) is 10.6 Å². The van der Waals surface area contributed by atoms with Crippen molar-refractivity contribution in [3.63, 3.8) is 0 Å². The van der Waals surface area contributed by atoms with Gasteiger partial charge in [-0.25, -0.2) is 4.68 Å². The Morgan fingerprint density at radius 2 is 1.77 bits per heavy atom. The highest BCUT2D eigenvalue weighted by Gasteiger charge is 2.16. The molecule has 0 spiro atoms. The molecule has 0 aliphatic carbocycles. The van der Waals surface area contributed by atoms with E-state index >= 15 is 0 Å². The van der Waals surface area contributed by atoms with Crippen LogP contribution in [0.3, 0.4) is 0 Å². The first-order valence-corrected chi connectivity index (χ1v) is 11.1. The van der Waals surface area contributed by atoms with Gasteiger partial charge in [-0.2, -0.15) is 0 Å². The fourth-order valence-electron chi connectivity index (χ4n) is 3.01. The molecule has 0 bridgehead atoms. The highest BCUT2D eigenvalue weighted by Crippen LogP contribution is 2.26. The van der Waals surface area contributed by atoms with E-state index in [2.05, 4.69) is 48.4 Å². The Morgan fingerprint density at radius 1 is 1.10 bits per heavy atom. The molecule has 31 heavy (non-hydrogen) atoms. The molecule has 0 saturated heterocycles. The van der Waals surface area contributed by atoms with Crippen molar-refractivity contribution in [2.75, 3.05) is 25.3 Å². The van der Waals surface area contributed by atoms with Gasteiger partial charge in [0.05, 0.1) is 12.9 Å². The summed E-state index contributed by atoms with van der Waals surface area (Å²) in [7, 11) is 1.64. The normalized spacial score (nSPS) is 11.4.